The molecule has 4 aromatic rings. The van der Waals surface area contributed by atoms with E-state index in [2.05, 4.69) is 5.32 Å². The number of amides is 2. The van der Waals surface area contributed by atoms with Crippen molar-refractivity contribution in [3.8, 4) is 0 Å². The van der Waals surface area contributed by atoms with Crippen LogP contribution < -0.4 is 9.62 Å². The fourth-order valence-electron chi connectivity index (χ4n) is 5.53. The SMILES string of the molecule is CC(C)CNC(=O)C(Cc1ccccc1)N(Cc1ccc(Cl)cc1Cl)C(=O)CCCN1c2cccc3cccc(c23)S1(=O)=O. The largest absolute Gasteiger partial charge is 0.354 e. The van der Waals surface area contributed by atoms with Crippen molar-refractivity contribution in [2.24, 2.45) is 5.92 Å². The first kappa shape index (κ1) is 31.8. The zero-order valence-corrected chi connectivity index (χ0v) is 27.0. The Morgan fingerprint density at radius 2 is 1.66 bits per heavy atom. The van der Waals surface area contributed by atoms with Gasteiger partial charge in [0.1, 0.15) is 6.04 Å². The summed E-state index contributed by atoms with van der Waals surface area (Å²) in [6.45, 7) is 4.70. The van der Waals surface area contributed by atoms with Crippen molar-refractivity contribution in [1.29, 1.82) is 0 Å². The molecule has 0 aliphatic carbocycles. The Labute approximate surface area is 268 Å². The molecule has 4 aromatic carbocycles. The van der Waals surface area contributed by atoms with Crippen molar-refractivity contribution >= 4 is 61.5 Å². The average molecular weight is 653 g/mol. The van der Waals surface area contributed by atoms with Gasteiger partial charge in [0.15, 0.2) is 0 Å². The van der Waals surface area contributed by atoms with Crippen molar-refractivity contribution in [2.45, 2.75) is 50.6 Å². The Morgan fingerprint density at radius 1 is 0.932 bits per heavy atom. The minimum absolute atomic E-state index is 0.0340. The number of halogens is 2. The van der Waals surface area contributed by atoms with Crippen LogP contribution in [0, 0.1) is 5.92 Å². The van der Waals surface area contributed by atoms with Crippen molar-refractivity contribution < 1.29 is 18.0 Å². The molecule has 0 saturated heterocycles. The standard InChI is InChI=1S/C34H35Cl2N3O4S/c1-23(2)21-37-34(41)30(19-24-9-4-3-5-10-24)38(22-26-16-17-27(35)20-28(26)36)32(40)15-8-18-39-29-13-6-11-25-12-7-14-31(33(25)29)44(39,42)43/h3-7,9-14,16-17,20,23,30H,8,15,18-19,21-22H2,1-2H3,(H,37,41). The van der Waals surface area contributed by atoms with Crippen molar-refractivity contribution in [2.75, 3.05) is 17.4 Å². The fraction of sp³-hybridized carbons (Fsp3) is 0.294. The molecule has 2 amide bonds. The summed E-state index contributed by atoms with van der Waals surface area (Å²) in [7, 11) is -3.75. The highest BCUT2D eigenvalue weighted by Crippen LogP contribution is 2.42. The number of hydrogen-bond acceptors (Lipinski definition) is 4. The first-order valence-corrected chi connectivity index (χ1v) is 16.9. The molecule has 10 heteroatoms. The van der Waals surface area contributed by atoms with Crippen LogP contribution in [0.1, 0.15) is 37.8 Å². The first-order chi connectivity index (χ1) is 21.1. The highest BCUT2D eigenvalue weighted by Gasteiger charge is 2.36. The van der Waals surface area contributed by atoms with Crippen LogP contribution in [0.4, 0.5) is 5.69 Å². The molecule has 0 spiro atoms. The van der Waals surface area contributed by atoms with Crippen LogP contribution in [0.15, 0.2) is 89.8 Å². The Balaban J connectivity index is 1.41. The Hall–Kier alpha value is -3.59. The van der Waals surface area contributed by atoms with Gasteiger partial charge in [-0.2, -0.15) is 0 Å². The summed E-state index contributed by atoms with van der Waals surface area (Å²) in [5, 5.41) is 5.42. The third-order valence-corrected chi connectivity index (χ3v) is 10.2. The number of carbonyl (C=O) groups is 2. The van der Waals surface area contributed by atoms with Gasteiger partial charge < -0.3 is 10.2 Å². The maximum Gasteiger partial charge on any atom is 0.265 e. The van der Waals surface area contributed by atoms with E-state index in [4.69, 9.17) is 23.2 Å². The Bertz CT molecular complexity index is 1780. The van der Waals surface area contributed by atoms with Gasteiger partial charge in [0.05, 0.1) is 10.6 Å². The molecule has 1 N–H and O–H groups in total. The van der Waals surface area contributed by atoms with Crippen LogP contribution in [-0.4, -0.2) is 44.3 Å². The molecule has 1 aliphatic rings. The molecule has 0 fully saturated rings. The molecule has 7 nitrogen and oxygen atoms in total. The molecular formula is C34H35Cl2N3O4S. The molecule has 1 unspecified atom stereocenters. The second-order valence-electron chi connectivity index (χ2n) is 11.4. The van der Waals surface area contributed by atoms with E-state index in [1.807, 2.05) is 62.4 Å². The third-order valence-electron chi connectivity index (χ3n) is 7.74. The van der Waals surface area contributed by atoms with Crippen LogP contribution in [0.2, 0.25) is 10.0 Å². The van der Waals surface area contributed by atoms with E-state index in [0.717, 1.165) is 10.9 Å². The molecule has 0 aromatic heterocycles. The van der Waals surface area contributed by atoms with Crippen LogP contribution in [0.3, 0.4) is 0 Å². The van der Waals surface area contributed by atoms with Crippen LogP contribution >= 0.6 is 23.2 Å². The van der Waals surface area contributed by atoms with Gasteiger partial charge in [0, 0.05) is 47.9 Å². The van der Waals surface area contributed by atoms with Gasteiger partial charge in [0.2, 0.25) is 11.8 Å². The van der Waals surface area contributed by atoms with Crippen LogP contribution in [-0.2, 0) is 32.6 Å². The number of nitrogens with one attached hydrogen (secondary N) is 1. The summed E-state index contributed by atoms with van der Waals surface area (Å²) in [5.74, 6) is -0.309. The van der Waals surface area contributed by atoms with E-state index in [0.29, 0.717) is 39.6 Å². The molecule has 0 radical (unpaired) electrons. The number of benzene rings is 4. The van der Waals surface area contributed by atoms with E-state index in [-0.39, 0.29) is 48.6 Å². The quantitative estimate of drug-likeness (QED) is 0.182. The molecule has 44 heavy (non-hydrogen) atoms. The molecule has 1 aliphatic heterocycles. The van der Waals surface area contributed by atoms with Gasteiger partial charge >= 0.3 is 0 Å². The molecule has 230 valence electrons. The lowest BCUT2D eigenvalue weighted by Crippen LogP contribution is -2.51. The highest BCUT2D eigenvalue weighted by atomic mass is 35.5. The summed E-state index contributed by atoms with van der Waals surface area (Å²) >= 11 is 12.7. The van der Waals surface area contributed by atoms with E-state index in [1.165, 1.54) is 4.31 Å². The van der Waals surface area contributed by atoms with Crippen LogP contribution in [0.25, 0.3) is 10.8 Å². The highest BCUT2D eigenvalue weighted by molar-refractivity contribution is 7.93. The average Bonchev–Trinajstić information content (AvgIpc) is 3.22. The van der Waals surface area contributed by atoms with E-state index < -0.39 is 16.1 Å². The third kappa shape index (κ3) is 6.88. The number of sulfonamides is 1. The maximum atomic E-state index is 14.1. The van der Waals surface area contributed by atoms with E-state index in [1.54, 1.807) is 41.3 Å². The number of carbonyl (C=O) groups excluding carboxylic acids is 2. The second kappa shape index (κ2) is 13.6. The van der Waals surface area contributed by atoms with E-state index in [9.17, 15) is 18.0 Å². The molecule has 0 bridgehead atoms. The molecule has 1 atom stereocenters. The zero-order valence-electron chi connectivity index (χ0n) is 24.7. The van der Waals surface area contributed by atoms with Crippen molar-refractivity contribution in [1.82, 2.24) is 10.2 Å². The lowest BCUT2D eigenvalue weighted by molar-refractivity contribution is -0.141. The summed E-state index contributed by atoms with van der Waals surface area (Å²) in [5.41, 5.74) is 2.18. The molecular weight excluding hydrogens is 617 g/mol. The lowest BCUT2D eigenvalue weighted by atomic mass is 10.0. The van der Waals surface area contributed by atoms with Gasteiger partial charge in [-0.3, -0.25) is 13.9 Å². The summed E-state index contributed by atoms with van der Waals surface area (Å²) in [6, 6.07) is 24.6. The Kier molecular flexibility index (Phi) is 9.83. The topological polar surface area (TPSA) is 86.8 Å². The van der Waals surface area contributed by atoms with Gasteiger partial charge in [-0.15, -0.1) is 0 Å². The number of rotatable bonds is 12. The molecule has 0 saturated carbocycles. The fourth-order valence-corrected chi connectivity index (χ4v) is 7.74. The predicted octanol–water partition coefficient (Wildman–Crippen LogP) is 6.85. The van der Waals surface area contributed by atoms with Gasteiger partial charge in [-0.1, -0.05) is 97.7 Å². The lowest BCUT2D eigenvalue weighted by Gasteiger charge is -2.32. The van der Waals surface area contributed by atoms with Gasteiger partial charge in [0.25, 0.3) is 10.0 Å². The summed E-state index contributed by atoms with van der Waals surface area (Å²) in [6.07, 6.45) is 0.602. The minimum atomic E-state index is -3.75. The second-order valence-corrected chi connectivity index (χ2v) is 14.1. The normalized spacial score (nSPS) is 14.2. The smallest absolute Gasteiger partial charge is 0.265 e. The Morgan fingerprint density at radius 3 is 2.36 bits per heavy atom. The molecule has 5 rings (SSSR count). The summed E-state index contributed by atoms with van der Waals surface area (Å²) < 4.78 is 28.3. The predicted molar refractivity (Wildman–Crippen MR) is 177 cm³/mol. The van der Waals surface area contributed by atoms with Crippen LogP contribution in [0.5, 0.6) is 0 Å². The van der Waals surface area contributed by atoms with E-state index >= 15 is 0 Å². The molecule has 1 heterocycles. The number of hydrogen-bond donors (Lipinski definition) is 1. The number of anilines is 1. The summed E-state index contributed by atoms with van der Waals surface area (Å²) in [4.78, 5) is 29.6. The monoisotopic (exact) mass is 651 g/mol. The first-order valence-electron chi connectivity index (χ1n) is 14.7. The van der Waals surface area contributed by atoms with Crippen molar-refractivity contribution in [3.63, 3.8) is 0 Å². The van der Waals surface area contributed by atoms with Gasteiger partial charge in [-0.25, -0.2) is 8.42 Å². The van der Waals surface area contributed by atoms with Crippen molar-refractivity contribution in [3.05, 3.63) is 106 Å². The van der Waals surface area contributed by atoms with Gasteiger partial charge in [-0.05, 0) is 53.1 Å². The zero-order chi connectivity index (χ0) is 31.4. The maximum absolute atomic E-state index is 14.1. The number of nitrogens with zero attached hydrogens (tertiary/aromatic N) is 2. The minimum Gasteiger partial charge on any atom is -0.354 e.